The summed E-state index contributed by atoms with van der Waals surface area (Å²) >= 11 is 1.75. The quantitative estimate of drug-likeness (QED) is 0.773. The Kier molecular flexibility index (Phi) is 6.05. The molecule has 0 bridgehead atoms. The van der Waals surface area contributed by atoms with Crippen LogP contribution in [-0.2, 0) is 11.3 Å². The van der Waals surface area contributed by atoms with Gasteiger partial charge in [0.1, 0.15) is 0 Å². The van der Waals surface area contributed by atoms with Gasteiger partial charge in [0.2, 0.25) is 0 Å². The summed E-state index contributed by atoms with van der Waals surface area (Å²) in [5.41, 5.74) is 0.289. The Hall–Kier alpha value is -0.650. The number of rotatable bonds is 7. The van der Waals surface area contributed by atoms with E-state index in [1.54, 1.807) is 18.4 Å². The molecule has 18 heavy (non-hydrogen) atoms. The third-order valence-corrected chi connectivity index (χ3v) is 3.47. The van der Waals surface area contributed by atoms with E-state index in [0.717, 1.165) is 31.4 Å². The van der Waals surface area contributed by atoms with Crippen LogP contribution in [0.5, 0.6) is 0 Å². The van der Waals surface area contributed by atoms with Gasteiger partial charge < -0.3 is 15.0 Å². The third kappa shape index (κ3) is 5.80. The molecular weight excluding hydrogens is 246 g/mol. The number of methoxy groups -OCH3 is 1. The maximum atomic E-state index is 5.00. The molecule has 0 fully saturated rings. The highest BCUT2D eigenvalue weighted by Crippen LogP contribution is 2.24. The van der Waals surface area contributed by atoms with Crippen molar-refractivity contribution in [3.8, 4) is 0 Å². The molecule has 1 aromatic rings. The minimum atomic E-state index is 0.289. The lowest BCUT2D eigenvalue weighted by atomic mass is 9.96. The van der Waals surface area contributed by atoms with Crippen LogP contribution in [0.3, 0.4) is 0 Å². The molecule has 104 valence electrons. The Morgan fingerprint density at radius 2 is 2.17 bits per heavy atom. The van der Waals surface area contributed by atoms with Crippen molar-refractivity contribution >= 4 is 16.5 Å². The topological polar surface area (TPSA) is 37.4 Å². The van der Waals surface area contributed by atoms with Gasteiger partial charge in [0.05, 0.1) is 6.61 Å². The Morgan fingerprint density at radius 3 is 2.78 bits per heavy atom. The second-order valence-electron chi connectivity index (χ2n) is 5.70. The van der Waals surface area contributed by atoms with E-state index in [1.165, 1.54) is 4.88 Å². The van der Waals surface area contributed by atoms with Crippen LogP contribution in [0, 0.1) is 5.41 Å². The van der Waals surface area contributed by atoms with Gasteiger partial charge in [0, 0.05) is 44.9 Å². The SMILES string of the molecule is COCCNCc1cnc(N(C)CC(C)(C)C)s1. The smallest absolute Gasteiger partial charge is 0.185 e. The summed E-state index contributed by atoms with van der Waals surface area (Å²) < 4.78 is 5.00. The van der Waals surface area contributed by atoms with E-state index in [-0.39, 0.29) is 5.41 Å². The first-order chi connectivity index (χ1) is 8.42. The molecule has 0 spiro atoms. The first kappa shape index (κ1) is 15.4. The lowest BCUT2D eigenvalue weighted by Crippen LogP contribution is -2.28. The molecule has 0 aliphatic heterocycles. The van der Waals surface area contributed by atoms with Gasteiger partial charge in [-0.1, -0.05) is 20.8 Å². The van der Waals surface area contributed by atoms with Gasteiger partial charge in [0.15, 0.2) is 5.13 Å². The minimum absolute atomic E-state index is 0.289. The van der Waals surface area contributed by atoms with Crippen molar-refractivity contribution in [3.05, 3.63) is 11.1 Å². The molecule has 0 atom stereocenters. The molecule has 0 aromatic carbocycles. The fourth-order valence-corrected chi connectivity index (χ4v) is 2.56. The van der Waals surface area contributed by atoms with Crippen LogP contribution in [-0.4, -0.2) is 38.8 Å². The molecule has 0 aliphatic carbocycles. The van der Waals surface area contributed by atoms with Crippen LogP contribution in [0.1, 0.15) is 25.6 Å². The largest absolute Gasteiger partial charge is 0.383 e. The third-order valence-electron chi connectivity index (χ3n) is 2.36. The molecule has 5 heteroatoms. The van der Waals surface area contributed by atoms with Crippen molar-refractivity contribution in [1.29, 1.82) is 0 Å². The van der Waals surface area contributed by atoms with E-state index >= 15 is 0 Å². The standard InChI is InChI=1S/C13H25N3OS/c1-13(2,3)10-16(4)12-15-9-11(18-12)8-14-6-7-17-5/h9,14H,6-8,10H2,1-5H3. The number of aromatic nitrogens is 1. The molecule has 0 saturated heterocycles. The molecule has 0 radical (unpaired) electrons. The van der Waals surface area contributed by atoms with E-state index in [2.05, 4.69) is 43.0 Å². The van der Waals surface area contributed by atoms with Gasteiger partial charge in [-0.15, -0.1) is 11.3 Å². The molecule has 1 aromatic heterocycles. The summed E-state index contributed by atoms with van der Waals surface area (Å²) in [5.74, 6) is 0. The zero-order chi connectivity index (χ0) is 13.6. The summed E-state index contributed by atoms with van der Waals surface area (Å²) in [6.45, 7) is 10.2. The number of hydrogen-bond donors (Lipinski definition) is 1. The van der Waals surface area contributed by atoms with Crippen LogP contribution in [0.4, 0.5) is 5.13 Å². The van der Waals surface area contributed by atoms with Crippen molar-refractivity contribution < 1.29 is 4.74 Å². The average Bonchev–Trinajstić information content (AvgIpc) is 2.71. The maximum Gasteiger partial charge on any atom is 0.185 e. The molecule has 0 amide bonds. The number of thiazole rings is 1. The van der Waals surface area contributed by atoms with E-state index in [4.69, 9.17) is 4.74 Å². The van der Waals surface area contributed by atoms with Crippen molar-refractivity contribution in [2.45, 2.75) is 27.3 Å². The lowest BCUT2D eigenvalue weighted by molar-refractivity contribution is 0.199. The van der Waals surface area contributed by atoms with Gasteiger partial charge in [-0.2, -0.15) is 0 Å². The highest BCUT2D eigenvalue weighted by atomic mass is 32.1. The van der Waals surface area contributed by atoms with Gasteiger partial charge in [-0.25, -0.2) is 4.98 Å². The predicted octanol–water partition coefficient (Wildman–Crippen LogP) is 2.36. The second kappa shape index (κ2) is 7.07. The van der Waals surface area contributed by atoms with Crippen LogP contribution >= 0.6 is 11.3 Å². The zero-order valence-corrected chi connectivity index (χ0v) is 12.9. The summed E-state index contributed by atoms with van der Waals surface area (Å²) in [6.07, 6.45) is 1.96. The van der Waals surface area contributed by atoms with Crippen LogP contribution < -0.4 is 10.2 Å². The minimum Gasteiger partial charge on any atom is -0.383 e. The highest BCUT2D eigenvalue weighted by molar-refractivity contribution is 7.15. The zero-order valence-electron chi connectivity index (χ0n) is 12.1. The number of hydrogen-bond acceptors (Lipinski definition) is 5. The molecular formula is C13H25N3OS. The fraction of sp³-hybridized carbons (Fsp3) is 0.769. The lowest BCUT2D eigenvalue weighted by Gasteiger charge is -2.26. The average molecular weight is 271 g/mol. The Labute approximate surface area is 114 Å². The van der Waals surface area contributed by atoms with Crippen LogP contribution in [0.2, 0.25) is 0 Å². The summed E-state index contributed by atoms with van der Waals surface area (Å²) in [7, 11) is 3.82. The summed E-state index contributed by atoms with van der Waals surface area (Å²) in [5, 5.41) is 4.42. The number of ether oxygens (including phenoxy) is 1. The number of nitrogens with one attached hydrogen (secondary N) is 1. The monoisotopic (exact) mass is 271 g/mol. The Morgan fingerprint density at radius 1 is 1.44 bits per heavy atom. The summed E-state index contributed by atoms with van der Waals surface area (Å²) in [6, 6.07) is 0. The fourth-order valence-electron chi connectivity index (χ4n) is 1.72. The first-order valence-corrected chi connectivity index (χ1v) is 7.09. The van der Waals surface area contributed by atoms with E-state index in [1.807, 2.05) is 6.20 Å². The van der Waals surface area contributed by atoms with Crippen molar-refractivity contribution in [3.63, 3.8) is 0 Å². The molecule has 0 unspecified atom stereocenters. The van der Waals surface area contributed by atoms with Crippen molar-refractivity contribution in [1.82, 2.24) is 10.3 Å². The van der Waals surface area contributed by atoms with Gasteiger partial charge in [-0.05, 0) is 5.41 Å². The first-order valence-electron chi connectivity index (χ1n) is 6.28. The van der Waals surface area contributed by atoms with Gasteiger partial charge in [0.25, 0.3) is 0 Å². The van der Waals surface area contributed by atoms with E-state index in [9.17, 15) is 0 Å². The number of anilines is 1. The summed E-state index contributed by atoms with van der Waals surface area (Å²) in [4.78, 5) is 7.96. The molecule has 1 N–H and O–H groups in total. The Balaban J connectivity index is 2.42. The van der Waals surface area contributed by atoms with Crippen LogP contribution in [0.15, 0.2) is 6.20 Å². The van der Waals surface area contributed by atoms with Crippen molar-refractivity contribution in [2.75, 3.05) is 38.8 Å². The predicted molar refractivity (Wildman–Crippen MR) is 78.4 cm³/mol. The maximum absolute atomic E-state index is 5.00. The normalized spacial score (nSPS) is 11.8. The van der Waals surface area contributed by atoms with E-state index < -0.39 is 0 Å². The molecule has 1 rings (SSSR count). The van der Waals surface area contributed by atoms with E-state index in [0.29, 0.717) is 0 Å². The Bertz CT molecular complexity index is 346. The van der Waals surface area contributed by atoms with Gasteiger partial charge >= 0.3 is 0 Å². The molecule has 1 heterocycles. The highest BCUT2D eigenvalue weighted by Gasteiger charge is 2.15. The molecule has 0 saturated carbocycles. The van der Waals surface area contributed by atoms with Crippen molar-refractivity contribution in [2.24, 2.45) is 5.41 Å². The molecule has 4 nitrogen and oxygen atoms in total. The second-order valence-corrected chi connectivity index (χ2v) is 6.79. The molecule has 0 aliphatic rings. The van der Waals surface area contributed by atoms with Gasteiger partial charge in [-0.3, -0.25) is 0 Å². The van der Waals surface area contributed by atoms with Crippen LogP contribution in [0.25, 0.3) is 0 Å². The number of nitrogens with zero attached hydrogens (tertiary/aromatic N) is 2.